The Morgan fingerprint density at radius 3 is 2.68 bits per heavy atom. The van der Waals surface area contributed by atoms with Crippen molar-refractivity contribution in [1.82, 2.24) is 4.98 Å². The zero-order valence-electron chi connectivity index (χ0n) is 12.0. The van der Waals surface area contributed by atoms with Crippen molar-refractivity contribution in [1.29, 1.82) is 0 Å². The molecule has 0 bridgehead atoms. The van der Waals surface area contributed by atoms with Gasteiger partial charge in [-0.05, 0) is 55.1 Å². The first-order valence-corrected chi connectivity index (χ1v) is 7.91. The molecular weight excluding hydrogens is 232 g/mol. The van der Waals surface area contributed by atoms with Crippen LogP contribution in [-0.2, 0) is 0 Å². The lowest BCUT2D eigenvalue weighted by Gasteiger charge is -2.41. The molecule has 2 aliphatic carbocycles. The fraction of sp³-hybridized carbons (Fsp3) is 0.706. The van der Waals surface area contributed by atoms with Gasteiger partial charge >= 0.3 is 0 Å². The Kier molecular flexibility index (Phi) is 3.88. The van der Waals surface area contributed by atoms with Gasteiger partial charge in [-0.15, -0.1) is 0 Å². The Morgan fingerprint density at radius 2 is 1.89 bits per heavy atom. The van der Waals surface area contributed by atoms with Crippen LogP contribution in [0.1, 0.15) is 62.1 Å². The molecule has 3 rings (SSSR count). The van der Waals surface area contributed by atoms with E-state index in [0.29, 0.717) is 5.92 Å². The summed E-state index contributed by atoms with van der Waals surface area (Å²) in [5.41, 5.74) is 8.98. The van der Waals surface area contributed by atoms with Crippen molar-refractivity contribution >= 4 is 0 Å². The summed E-state index contributed by atoms with van der Waals surface area (Å²) in [4.78, 5) is 4.30. The molecule has 2 nitrogen and oxygen atoms in total. The van der Waals surface area contributed by atoms with Crippen LogP contribution in [0.2, 0.25) is 0 Å². The van der Waals surface area contributed by atoms with Crippen molar-refractivity contribution in [3.8, 4) is 0 Å². The van der Waals surface area contributed by atoms with Gasteiger partial charge in [0.25, 0.3) is 0 Å². The number of nitrogens with zero attached hydrogens (tertiary/aromatic N) is 1. The van der Waals surface area contributed by atoms with E-state index in [2.05, 4.69) is 18.0 Å². The molecule has 1 aromatic heterocycles. The number of pyridine rings is 1. The van der Waals surface area contributed by atoms with Crippen LogP contribution in [0.3, 0.4) is 0 Å². The van der Waals surface area contributed by atoms with Crippen LogP contribution in [0, 0.1) is 24.7 Å². The predicted octanol–water partition coefficient (Wildman–Crippen LogP) is 4.00. The van der Waals surface area contributed by atoms with Crippen molar-refractivity contribution in [2.45, 2.75) is 57.9 Å². The molecule has 2 N–H and O–H groups in total. The van der Waals surface area contributed by atoms with Crippen LogP contribution < -0.4 is 5.73 Å². The molecule has 0 aliphatic heterocycles. The van der Waals surface area contributed by atoms with Gasteiger partial charge in [-0.3, -0.25) is 4.98 Å². The first-order chi connectivity index (χ1) is 9.24. The maximum atomic E-state index is 6.52. The maximum Gasteiger partial charge on any atom is 0.0339 e. The summed E-state index contributed by atoms with van der Waals surface area (Å²) in [6, 6.07) is 2.40. The minimum absolute atomic E-state index is 0.190. The molecular formula is C17H26N2. The van der Waals surface area contributed by atoms with Crippen LogP contribution in [0.15, 0.2) is 18.5 Å². The van der Waals surface area contributed by atoms with Gasteiger partial charge in [0.1, 0.15) is 0 Å². The third-order valence-corrected chi connectivity index (χ3v) is 5.37. The molecule has 2 fully saturated rings. The third-order valence-electron chi connectivity index (χ3n) is 5.37. The van der Waals surface area contributed by atoms with Crippen LogP contribution in [0.25, 0.3) is 0 Å². The second-order valence-corrected chi connectivity index (χ2v) is 6.70. The second-order valence-electron chi connectivity index (χ2n) is 6.70. The average molecular weight is 258 g/mol. The molecule has 104 valence electrons. The number of nitrogens with two attached hydrogens (primary N) is 1. The topological polar surface area (TPSA) is 38.9 Å². The molecule has 2 saturated carbocycles. The maximum absolute atomic E-state index is 6.52. The van der Waals surface area contributed by atoms with E-state index < -0.39 is 0 Å². The molecule has 0 amide bonds. The molecule has 0 spiro atoms. The molecule has 0 saturated heterocycles. The van der Waals surface area contributed by atoms with Crippen LogP contribution in [0.5, 0.6) is 0 Å². The van der Waals surface area contributed by atoms with Gasteiger partial charge in [0, 0.05) is 18.4 Å². The van der Waals surface area contributed by atoms with Crippen LogP contribution in [-0.4, -0.2) is 4.98 Å². The fourth-order valence-corrected chi connectivity index (χ4v) is 4.27. The summed E-state index contributed by atoms with van der Waals surface area (Å²) >= 11 is 0. The fourth-order valence-electron chi connectivity index (χ4n) is 4.27. The lowest BCUT2D eigenvalue weighted by molar-refractivity contribution is 0.117. The highest BCUT2D eigenvalue weighted by Gasteiger charge is 2.34. The Labute approximate surface area is 116 Å². The zero-order chi connectivity index (χ0) is 13.2. The smallest absolute Gasteiger partial charge is 0.0339 e. The second kappa shape index (κ2) is 5.62. The van der Waals surface area contributed by atoms with Crippen LogP contribution in [0.4, 0.5) is 0 Å². The third kappa shape index (κ3) is 2.84. The van der Waals surface area contributed by atoms with Crippen molar-refractivity contribution in [3.63, 3.8) is 0 Å². The molecule has 4 atom stereocenters. The monoisotopic (exact) mass is 258 g/mol. The average Bonchev–Trinajstić information content (AvgIpc) is 2.46. The molecule has 1 heterocycles. The SMILES string of the molecule is Cc1cncc(C(N)C2CCC3CCCCC3C2)c1. The Bertz CT molecular complexity index is 429. The summed E-state index contributed by atoms with van der Waals surface area (Å²) < 4.78 is 0. The molecule has 19 heavy (non-hydrogen) atoms. The number of aryl methyl sites for hydroxylation is 1. The number of hydrogen-bond donors (Lipinski definition) is 1. The van der Waals surface area contributed by atoms with E-state index in [1.54, 1.807) is 0 Å². The van der Waals surface area contributed by atoms with E-state index in [1.165, 1.54) is 56.1 Å². The highest BCUT2D eigenvalue weighted by Crippen LogP contribution is 2.45. The number of rotatable bonds is 2. The lowest BCUT2D eigenvalue weighted by Crippen LogP contribution is -2.33. The number of aromatic nitrogens is 1. The summed E-state index contributed by atoms with van der Waals surface area (Å²) in [6.07, 6.45) is 13.8. The standard InChI is InChI=1S/C17H26N2/c1-12-8-16(11-19-10-12)17(18)15-7-6-13-4-2-3-5-14(13)9-15/h8,10-11,13-15,17H,2-7,9,18H2,1H3. The number of fused-ring (bicyclic) bond motifs is 1. The van der Waals surface area contributed by atoms with Crippen molar-refractivity contribution in [2.24, 2.45) is 23.5 Å². The molecule has 0 aromatic carbocycles. The van der Waals surface area contributed by atoms with Gasteiger partial charge < -0.3 is 5.73 Å². The van der Waals surface area contributed by atoms with Gasteiger partial charge in [0.2, 0.25) is 0 Å². The van der Waals surface area contributed by atoms with Crippen LogP contribution >= 0.6 is 0 Å². The molecule has 1 aromatic rings. The van der Waals surface area contributed by atoms with E-state index in [9.17, 15) is 0 Å². The summed E-state index contributed by atoms with van der Waals surface area (Å²) in [6.45, 7) is 2.10. The first-order valence-electron chi connectivity index (χ1n) is 7.91. The number of hydrogen-bond acceptors (Lipinski definition) is 2. The minimum Gasteiger partial charge on any atom is -0.324 e. The van der Waals surface area contributed by atoms with E-state index in [4.69, 9.17) is 5.73 Å². The quantitative estimate of drug-likeness (QED) is 0.871. The molecule has 0 radical (unpaired) electrons. The van der Waals surface area contributed by atoms with E-state index >= 15 is 0 Å². The molecule has 2 aliphatic rings. The minimum atomic E-state index is 0.190. The normalized spacial score (nSPS) is 32.6. The highest BCUT2D eigenvalue weighted by molar-refractivity contribution is 5.20. The van der Waals surface area contributed by atoms with Gasteiger partial charge in [-0.25, -0.2) is 0 Å². The van der Waals surface area contributed by atoms with E-state index in [0.717, 1.165) is 11.8 Å². The zero-order valence-corrected chi connectivity index (χ0v) is 12.0. The summed E-state index contributed by atoms with van der Waals surface area (Å²) in [5, 5.41) is 0. The largest absolute Gasteiger partial charge is 0.324 e. The Morgan fingerprint density at radius 1 is 1.11 bits per heavy atom. The lowest BCUT2D eigenvalue weighted by atomic mass is 9.65. The first kappa shape index (κ1) is 13.1. The van der Waals surface area contributed by atoms with Gasteiger partial charge in [0.15, 0.2) is 0 Å². The van der Waals surface area contributed by atoms with E-state index in [-0.39, 0.29) is 6.04 Å². The summed E-state index contributed by atoms with van der Waals surface area (Å²) in [7, 11) is 0. The highest BCUT2D eigenvalue weighted by atomic mass is 14.7. The summed E-state index contributed by atoms with van der Waals surface area (Å²) in [5.74, 6) is 2.63. The van der Waals surface area contributed by atoms with Gasteiger partial charge in [-0.2, -0.15) is 0 Å². The Hall–Kier alpha value is -0.890. The van der Waals surface area contributed by atoms with Gasteiger partial charge in [0.05, 0.1) is 0 Å². The predicted molar refractivity (Wildman–Crippen MR) is 78.7 cm³/mol. The van der Waals surface area contributed by atoms with Crippen molar-refractivity contribution < 1.29 is 0 Å². The van der Waals surface area contributed by atoms with Crippen molar-refractivity contribution in [3.05, 3.63) is 29.6 Å². The van der Waals surface area contributed by atoms with E-state index in [1.807, 2.05) is 12.4 Å². The van der Waals surface area contributed by atoms with Crippen molar-refractivity contribution in [2.75, 3.05) is 0 Å². The molecule has 2 heteroatoms. The van der Waals surface area contributed by atoms with Gasteiger partial charge in [-0.1, -0.05) is 31.7 Å². The molecule has 4 unspecified atom stereocenters. The Balaban J connectivity index is 1.69.